The van der Waals surface area contributed by atoms with Gasteiger partial charge in [0.25, 0.3) is 5.91 Å². The molecule has 0 spiro atoms. The highest BCUT2D eigenvalue weighted by Crippen LogP contribution is 2.17. The van der Waals surface area contributed by atoms with Crippen molar-refractivity contribution in [1.82, 2.24) is 25.2 Å². The largest absolute Gasteiger partial charge is 0.361 e. The number of hydrogen-bond donors (Lipinski definition) is 1. The summed E-state index contributed by atoms with van der Waals surface area (Å²) < 4.78 is 7.16. The van der Waals surface area contributed by atoms with Gasteiger partial charge in [0, 0.05) is 23.8 Å². The van der Waals surface area contributed by atoms with E-state index in [1.54, 1.807) is 0 Å². The molecule has 1 aliphatic heterocycles. The second-order valence-electron chi connectivity index (χ2n) is 7.29. The number of nitrogens with one attached hydrogen (secondary N) is 1. The summed E-state index contributed by atoms with van der Waals surface area (Å²) in [6.07, 6.45) is 3.50. The smallest absolute Gasteiger partial charge is 0.273 e. The molecule has 3 heterocycles. The number of nitrogens with zero attached hydrogens (tertiary/aromatic N) is 4. The highest BCUT2D eigenvalue weighted by atomic mass is 16.5. The van der Waals surface area contributed by atoms with Gasteiger partial charge in [-0.3, -0.25) is 9.48 Å². The van der Waals surface area contributed by atoms with Crippen LogP contribution < -0.4 is 5.32 Å². The van der Waals surface area contributed by atoms with Crippen LogP contribution in [0.25, 0.3) is 0 Å². The molecule has 0 saturated carbocycles. The fourth-order valence-corrected chi connectivity index (χ4v) is 3.58. The standard InChI is InChI=1S/C19H29N5O2/c1-13-11-15(3)24(21-13)12-17-16(4)26-22-18(17)19(25)20-8-7-14(2)23-9-5-6-10-23/h11,14H,5-10,12H2,1-4H3,(H,20,25). The summed E-state index contributed by atoms with van der Waals surface area (Å²) in [5.41, 5.74) is 3.16. The topological polar surface area (TPSA) is 76.2 Å². The third kappa shape index (κ3) is 4.15. The van der Waals surface area contributed by atoms with E-state index in [0.29, 0.717) is 30.6 Å². The SMILES string of the molecule is Cc1cc(C)n(Cc2c(C(=O)NCCC(C)N3CCCC3)noc2C)n1. The second-order valence-corrected chi connectivity index (χ2v) is 7.29. The van der Waals surface area contributed by atoms with Crippen LogP contribution in [0.5, 0.6) is 0 Å². The molecule has 1 atom stereocenters. The van der Waals surface area contributed by atoms with Crippen LogP contribution >= 0.6 is 0 Å². The van der Waals surface area contributed by atoms with Crippen LogP contribution in [0.3, 0.4) is 0 Å². The number of rotatable bonds is 7. The zero-order chi connectivity index (χ0) is 18.7. The maximum atomic E-state index is 12.6. The lowest BCUT2D eigenvalue weighted by atomic mass is 10.1. The first-order chi connectivity index (χ1) is 12.5. The van der Waals surface area contributed by atoms with Gasteiger partial charge in [0.2, 0.25) is 0 Å². The quantitative estimate of drug-likeness (QED) is 0.822. The molecule has 1 aliphatic rings. The Hall–Kier alpha value is -2.15. The van der Waals surface area contributed by atoms with E-state index in [2.05, 4.69) is 27.4 Å². The van der Waals surface area contributed by atoms with Crippen molar-refractivity contribution in [2.75, 3.05) is 19.6 Å². The molecule has 0 aliphatic carbocycles. The molecule has 1 unspecified atom stereocenters. The van der Waals surface area contributed by atoms with E-state index in [4.69, 9.17) is 4.52 Å². The Kier molecular flexibility index (Phi) is 5.76. The Labute approximate surface area is 154 Å². The van der Waals surface area contributed by atoms with Crippen molar-refractivity contribution in [2.45, 2.75) is 59.5 Å². The van der Waals surface area contributed by atoms with Gasteiger partial charge in [-0.05, 0) is 66.1 Å². The first-order valence-electron chi connectivity index (χ1n) is 9.44. The van der Waals surface area contributed by atoms with Crippen molar-refractivity contribution in [3.63, 3.8) is 0 Å². The summed E-state index contributed by atoms with van der Waals surface area (Å²) in [7, 11) is 0. The molecule has 0 aromatic carbocycles. The number of amides is 1. The Morgan fingerprint density at radius 2 is 2.04 bits per heavy atom. The van der Waals surface area contributed by atoms with E-state index >= 15 is 0 Å². The molecule has 26 heavy (non-hydrogen) atoms. The van der Waals surface area contributed by atoms with Gasteiger partial charge in [-0.15, -0.1) is 0 Å². The Morgan fingerprint density at radius 1 is 1.31 bits per heavy atom. The average Bonchev–Trinajstić information content (AvgIpc) is 3.30. The number of aromatic nitrogens is 3. The molecule has 1 saturated heterocycles. The lowest BCUT2D eigenvalue weighted by Crippen LogP contribution is -2.34. The zero-order valence-electron chi connectivity index (χ0n) is 16.2. The summed E-state index contributed by atoms with van der Waals surface area (Å²) in [6, 6.07) is 2.51. The minimum atomic E-state index is -0.174. The van der Waals surface area contributed by atoms with Crippen LogP contribution in [0.15, 0.2) is 10.6 Å². The molecular formula is C19H29N5O2. The maximum Gasteiger partial charge on any atom is 0.273 e. The van der Waals surface area contributed by atoms with Gasteiger partial charge in [0.1, 0.15) is 5.76 Å². The Morgan fingerprint density at radius 3 is 2.69 bits per heavy atom. The summed E-state index contributed by atoms with van der Waals surface area (Å²) in [6.45, 7) is 11.5. The van der Waals surface area contributed by atoms with Gasteiger partial charge in [-0.2, -0.15) is 5.10 Å². The molecule has 1 amide bonds. The molecule has 0 radical (unpaired) electrons. The summed E-state index contributed by atoms with van der Waals surface area (Å²) in [5, 5.41) is 11.4. The lowest BCUT2D eigenvalue weighted by molar-refractivity contribution is 0.0939. The number of carbonyl (C=O) groups is 1. The van der Waals surface area contributed by atoms with Crippen LogP contribution in [-0.2, 0) is 6.54 Å². The predicted molar refractivity (Wildman–Crippen MR) is 99.3 cm³/mol. The lowest BCUT2D eigenvalue weighted by Gasteiger charge is -2.23. The highest BCUT2D eigenvalue weighted by Gasteiger charge is 2.22. The van der Waals surface area contributed by atoms with E-state index in [1.807, 2.05) is 31.5 Å². The third-order valence-corrected chi connectivity index (χ3v) is 5.22. The molecule has 2 aromatic heterocycles. The fraction of sp³-hybridized carbons (Fsp3) is 0.632. The number of likely N-dealkylation sites (tertiary alicyclic amines) is 1. The second kappa shape index (κ2) is 8.03. The van der Waals surface area contributed by atoms with Gasteiger partial charge in [-0.1, -0.05) is 5.16 Å². The molecule has 1 fully saturated rings. The first-order valence-corrected chi connectivity index (χ1v) is 9.44. The minimum Gasteiger partial charge on any atom is -0.361 e. The molecular weight excluding hydrogens is 330 g/mol. The zero-order valence-corrected chi connectivity index (χ0v) is 16.2. The van der Waals surface area contributed by atoms with Crippen LogP contribution in [0.2, 0.25) is 0 Å². The molecule has 7 heteroatoms. The van der Waals surface area contributed by atoms with Gasteiger partial charge < -0.3 is 14.7 Å². The Bertz CT molecular complexity index is 758. The molecule has 142 valence electrons. The maximum absolute atomic E-state index is 12.6. The van der Waals surface area contributed by atoms with E-state index < -0.39 is 0 Å². The van der Waals surface area contributed by atoms with Gasteiger partial charge >= 0.3 is 0 Å². The van der Waals surface area contributed by atoms with Crippen molar-refractivity contribution >= 4 is 5.91 Å². The molecule has 3 rings (SSSR count). The summed E-state index contributed by atoms with van der Waals surface area (Å²) >= 11 is 0. The molecule has 7 nitrogen and oxygen atoms in total. The van der Waals surface area contributed by atoms with E-state index in [-0.39, 0.29) is 5.91 Å². The van der Waals surface area contributed by atoms with Crippen LogP contribution in [-0.4, -0.2) is 51.4 Å². The van der Waals surface area contributed by atoms with Gasteiger partial charge in [-0.25, -0.2) is 0 Å². The van der Waals surface area contributed by atoms with Crippen molar-refractivity contribution < 1.29 is 9.32 Å². The van der Waals surface area contributed by atoms with Crippen molar-refractivity contribution in [3.05, 3.63) is 34.5 Å². The first kappa shape index (κ1) is 18.6. The third-order valence-electron chi connectivity index (χ3n) is 5.22. The van der Waals surface area contributed by atoms with Crippen molar-refractivity contribution in [3.8, 4) is 0 Å². The van der Waals surface area contributed by atoms with Crippen LogP contribution in [0.4, 0.5) is 0 Å². The van der Waals surface area contributed by atoms with Crippen molar-refractivity contribution in [2.24, 2.45) is 0 Å². The normalized spacial score (nSPS) is 16.2. The number of aryl methyl sites for hydroxylation is 3. The fourth-order valence-electron chi connectivity index (χ4n) is 3.58. The van der Waals surface area contributed by atoms with Crippen LogP contribution in [0, 0.1) is 20.8 Å². The molecule has 1 N–H and O–H groups in total. The number of carbonyl (C=O) groups excluding carboxylic acids is 1. The Balaban J connectivity index is 1.60. The van der Waals surface area contributed by atoms with E-state index in [9.17, 15) is 4.79 Å². The summed E-state index contributed by atoms with van der Waals surface area (Å²) in [5.74, 6) is 0.486. The minimum absolute atomic E-state index is 0.174. The van der Waals surface area contributed by atoms with E-state index in [1.165, 1.54) is 25.9 Å². The van der Waals surface area contributed by atoms with Gasteiger partial charge in [0.05, 0.1) is 12.2 Å². The van der Waals surface area contributed by atoms with E-state index in [0.717, 1.165) is 23.4 Å². The highest BCUT2D eigenvalue weighted by molar-refractivity contribution is 5.93. The van der Waals surface area contributed by atoms with Crippen LogP contribution in [0.1, 0.15) is 59.4 Å². The monoisotopic (exact) mass is 359 g/mol. The predicted octanol–water partition coefficient (Wildman–Crippen LogP) is 2.45. The number of hydrogen-bond acceptors (Lipinski definition) is 5. The van der Waals surface area contributed by atoms with Gasteiger partial charge in [0.15, 0.2) is 5.69 Å². The summed E-state index contributed by atoms with van der Waals surface area (Å²) in [4.78, 5) is 15.1. The molecule has 0 bridgehead atoms. The molecule has 2 aromatic rings. The van der Waals surface area contributed by atoms with Crippen molar-refractivity contribution in [1.29, 1.82) is 0 Å². The average molecular weight is 359 g/mol.